The number of carbonyl (C=O) groups excluding carboxylic acids is 1. The molecule has 0 heterocycles. The van der Waals surface area contributed by atoms with E-state index >= 15 is 0 Å². The zero-order valence-electron chi connectivity index (χ0n) is 29.4. The van der Waals surface area contributed by atoms with E-state index in [0.717, 1.165) is 58.2 Å². The van der Waals surface area contributed by atoms with Crippen molar-refractivity contribution < 1.29 is 24.1 Å². The van der Waals surface area contributed by atoms with Crippen LogP contribution in [0.4, 0.5) is 0 Å². The molecule has 0 amide bonds. The molecule has 266 valence electrons. The van der Waals surface area contributed by atoms with Crippen molar-refractivity contribution in [2.45, 2.75) is 126 Å². The fourth-order valence-corrected chi connectivity index (χ4v) is 7.10. The summed E-state index contributed by atoms with van der Waals surface area (Å²) in [7, 11) is 4.93. The van der Waals surface area contributed by atoms with E-state index in [-0.39, 0.29) is 30.5 Å². The van der Waals surface area contributed by atoms with Crippen molar-refractivity contribution in [2.75, 3.05) is 41.2 Å². The molecule has 0 bridgehead atoms. The maximum Gasteiger partial charge on any atom is 0.325 e. The third-order valence-electron chi connectivity index (χ3n) is 10.1. The summed E-state index contributed by atoms with van der Waals surface area (Å²) in [5.41, 5.74) is 16.7. The molecule has 0 saturated heterocycles. The van der Waals surface area contributed by atoms with Crippen LogP contribution in [0.15, 0.2) is 48.5 Å². The second kappa shape index (κ2) is 21.9. The summed E-state index contributed by atoms with van der Waals surface area (Å²) >= 11 is 0. The fourth-order valence-electron chi connectivity index (χ4n) is 7.10. The minimum absolute atomic E-state index is 0. The minimum atomic E-state index is -0.805. The first-order chi connectivity index (χ1) is 22.3. The van der Waals surface area contributed by atoms with Gasteiger partial charge in [0.25, 0.3) is 0 Å². The predicted molar refractivity (Wildman–Crippen MR) is 194 cm³/mol. The minimum Gasteiger partial charge on any atom is -0.468 e. The highest BCUT2D eigenvalue weighted by atomic mass is 35.5. The number of benzene rings is 2. The Morgan fingerprint density at radius 2 is 1.15 bits per heavy atom. The van der Waals surface area contributed by atoms with Crippen LogP contribution in [-0.4, -0.2) is 63.3 Å². The Morgan fingerprint density at radius 1 is 0.702 bits per heavy atom. The summed E-state index contributed by atoms with van der Waals surface area (Å²) < 4.78 is 15.0. The molecule has 2 saturated carbocycles. The molecular formula is C39H63ClN2O5. The number of rotatable bonds is 18. The molecule has 0 radical (unpaired) electrons. The first-order valence-electron chi connectivity index (χ1n) is 17.7. The number of hydrogen-bond donors (Lipinski definition) is 3. The third kappa shape index (κ3) is 13.8. The van der Waals surface area contributed by atoms with Gasteiger partial charge in [-0.25, -0.2) is 0 Å². The number of carbonyl (C=O) groups is 1. The van der Waals surface area contributed by atoms with Crippen LogP contribution in [0.25, 0.3) is 0 Å². The van der Waals surface area contributed by atoms with Gasteiger partial charge < -0.3 is 30.8 Å². The molecule has 4 rings (SSSR count). The molecule has 2 aliphatic carbocycles. The number of hydrogen-bond acceptors (Lipinski definition) is 7. The van der Waals surface area contributed by atoms with Gasteiger partial charge in [-0.3, -0.25) is 4.79 Å². The van der Waals surface area contributed by atoms with Crippen molar-refractivity contribution >= 4 is 18.4 Å². The topological polar surface area (TPSA) is 117 Å². The molecule has 7 nitrogen and oxygen atoms in total. The van der Waals surface area contributed by atoms with Gasteiger partial charge in [0.15, 0.2) is 0 Å². The van der Waals surface area contributed by atoms with Crippen LogP contribution < -0.4 is 11.5 Å². The highest BCUT2D eigenvalue weighted by Gasteiger charge is 2.43. The van der Waals surface area contributed by atoms with Crippen molar-refractivity contribution in [3.8, 4) is 0 Å². The lowest BCUT2D eigenvalue weighted by Crippen LogP contribution is -2.46. The van der Waals surface area contributed by atoms with Gasteiger partial charge in [0.2, 0.25) is 0 Å². The highest BCUT2D eigenvalue weighted by Crippen LogP contribution is 2.41. The molecule has 0 spiro atoms. The third-order valence-corrected chi connectivity index (χ3v) is 10.1. The number of halogens is 1. The van der Waals surface area contributed by atoms with E-state index in [1.54, 1.807) is 14.2 Å². The number of aryl methyl sites for hydroxylation is 2. The quantitative estimate of drug-likeness (QED) is 0.112. The average molecular weight is 675 g/mol. The maximum atomic E-state index is 11.8. The molecule has 8 heteroatoms. The van der Waals surface area contributed by atoms with Crippen molar-refractivity contribution in [1.82, 2.24) is 0 Å². The number of aliphatic hydroxyl groups excluding tert-OH is 1. The van der Waals surface area contributed by atoms with E-state index in [9.17, 15) is 9.90 Å². The largest absolute Gasteiger partial charge is 0.468 e. The van der Waals surface area contributed by atoms with Gasteiger partial charge in [0, 0.05) is 33.0 Å². The molecule has 0 aliphatic heterocycles. The first-order valence-corrected chi connectivity index (χ1v) is 17.7. The summed E-state index contributed by atoms with van der Waals surface area (Å²) in [6.45, 7) is 1.85. The van der Waals surface area contributed by atoms with E-state index in [1.165, 1.54) is 74.3 Å². The standard InChI is InChI=1S/C20H31NO3.C19H31NO2.ClH/c1-23-14-6-4-3-5-7-16-8-10-17(11-9-16)18-12-13-20(21,15-18)19(22)24-2;1-22-13-5-3-2-4-6-16-7-9-17(10-8-16)18-11-12-19(20,14-18)15-21;/h8-11,18H,3-7,12-15,21H2,1-2H3;7-10,18,21H,2-6,11-15,20H2,1H3;1H/t18-,20-;18-,19-;/m11./s1. The Labute approximate surface area is 290 Å². The van der Waals surface area contributed by atoms with Gasteiger partial charge >= 0.3 is 5.97 Å². The van der Waals surface area contributed by atoms with Crippen molar-refractivity contribution in [1.29, 1.82) is 0 Å². The SMILES string of the molecule is COCCCCCCc1ccc([C@@H]2CC[C@](N)(C(=O)OC)C2)cc1.COCCCCCCc1ccc([C@@H]2CC[C@](N)(CO)C2)cc1.Cl. The molecule has 2 aliphatic rings. The van der Waals surface area contributed by atoms with Gasteiger partial charge in [-0.1, -0.05) is 74.2 Å². The van der Waals surface area contributed by atoms with E-state index < -0.39 is 5.54 Å². The van der Waals surface area contributed by atoms with Crippen molar-refractivity contribution in [3.63, 3.8) is 0 Å². The molecule has 2 aromatic rings. The lowest BCUT2D eigenvalue weighted by Gasteiger charge is -2.21. The summed E-state index contributed by atoms with van der Waals surface area (Å²) in [4.78, 5) is 11.8. The number of aliphatic hydroxyl groups is 1. The zero-order chi connectivity index (χ0) is 33.3. The summed E-state index contributed by atoms with van der Waals surface area (Å²) in [5, 5.41) is 9.38. The van der Waals surface area contributed by atoms with E-state index in [4.69, 9.17) is 25.7 Å². The molecule has 0 unspecified atom stereocenters. The Bertz CT molecular complexity index is 1130. The molecule has 47 heavy (non-hydrogen) atoms. The van der Waals surface area contributed by atoms with Crippen LogP contribution in [0.1, 0.15) is 124 Å². The molecule has 2 aromatic carbocycles. The van der Waals surface area contributed by atoms with Gasteiger partial charge in [0.1, 0.15) is 5.54 Å². The highest BCUT2D eigenvalue weighted by molar-refractivity contribution is 5.85. The number of unbranched alkanes of at least 4 members (excludes halogenated alkanes) is 6. The maximum absolute atomic E-state index is 11.8. The summed E-state index contributed by atoms with van der Waals surface area (Å²) in [6, 6.07) is 17.9. The van der Waals surface area contributed by atoms with Crippen LogP contribution in [0.2, 0.25) is 0 Å². The van der Waals surface area contributed by atoms with Crippen LogP contribution in [0.3, 0.4) is 0 Å². The van der Waals surface area contributed by atoms with Crippen LogP contribution in [-0.2, 0) is 31.8 Å². The fraction of sp³-hybridized carbons (Fsp3) is 0.667. The Morgan fingerprint density at radius 3 is 1.57 bits per heavy atom. The second-order valence-electron chi connectivity index (χ2n) is 13.8. The van der Waals surface area contributed by atoms with Crippen molar-refractivity contribution in [2.24, 2.45) is 11.5 Å². The normalized spacial score (nSPS) is 23.5. The molecule has 2 fully saturated rings. The molecule has 4 atom stereocenters. The van der Waals surface area contributed by atoms with Crippen LogP contribution in [0.5, 0.6) is 0 Å². The van der Waals surface area contributed by atoms with Gasteiger partial charge in [-0.15, -0.1) is 12.4 Å². The smallest absolute Gasteiger partial charge is 0.325 e. The number of ether oxygens (including phenoxy) is 3. The number of esters is 1. The van der Waals surface area contributed by atoms with Crippen molar-refractivity contribution in [3.05, 3.63) is 70.8 Å². The van der Waals surface area contributed by atoms with E-state index in [2.05, 4.69) is 48.5 Å². The van der Waals surface area contributed by atoms with Crippen LogP contribution >= 0.6 is 12.4 Å². The monoisotopic (exact) mass is 674 g/mol. The molecular weight excluding hydrogens is 612 g/mol. The van der Waals surface area contributed by atoms with Gasteiger partial charge in [-0.05, 0) is 111 Å². The predicted octanol–water partition coefficient (Wildman–Crippen LogP) is 7.39. The Kier molecular flexibility index (Phi) is 19.2. The number of nitrogens with two attached hydrogens (primary N) is 2. The average Bonchev–Trinajstić information content (AvgIpc) is 3.69. The number of methoxy groups -OCH3 is 3. The van der Waals surface area contributed by atoms with Gasteiger partial charge in [0.05, 0.1) is 13.7 Å². The van der Waals surface area contributed by atoms with Crippen LogP contribution in [0, 0.1) is 0 Å². The summed E-state index contributed by atoms with van der Waals surface area (Å²) in [6.07, 6.45) is 17.4. The Hall–Kier alpha value is -2.00. The Balaban J connectivity index is 0.000000321. The molecule has 0 aromatic heterocycles. The van der Waals surface area contributed by atoms with E-state index in [1.807, 2.05) is 0 Å². The zero-order valence-corrected chi connectivity index (χ0v) is 30.2. The molecule has 5 N–H and O–H groups in total. The lowest BCUT2D eigenvalue weighted by atomic mass is 9.92. The lowest BCUT2D eigenvalue weighted by molar-refractivity contribution is -0.146. The van der Waals surface area contributed by atoms with Gasteiger partial charge in [-0.2, -0.15) is 0 Å². The first kappa shape index (κ1) is 41.2. The summed E-state index contributed by atoms with van der Waals surface area (Å²) in [5.74, 6) is 0.590. The second-order valence-corrected chi connectivity index (χ2v) is 13.8. The van der Waals surface area contributed by atoms with E-state index in [0.29, 0.717) is 24.7 Å².